The van der Waals surface area contributed by atoms with E-state index in [0.29, 0.717) is 0 Å². The molecule has 1 aliphatic carbocycles. The van der Waals surface area contributed by atoms with E-state index in [4.69, 9.17) is 4.74 Å². The predicted octanol–water partition coefficient (Wildman–Crippen LogP) is -1.26. The van der Waals surface area contributed by atoms with Crippen molar-refractivity contribution in [2.75, 3.05) is 7.11 Å². The summed E-state index contributed by atoms with van der Waals surface area (Å²) in [6, 6.07) is 5.66. The summed E-state index contributed by atoms with van der Waals surface area (Å²) in [6.45, 7) is 1.91. The molecule has 0 radical (unpaired) electrons. The van der Waals surface area contributed by atoms with Crippen LogP contribution in [0, 0.1) is 0 Å². The summed E-state index contributed by atoms with van der Waals surface area (Å²) >= 11 is 0. The Labute approximate surface area is 102 Å². The average molecular weight is 196 g/mol. The first-order valence-corrected chi connectivity index (χ1v) is 4.77. The van der Waals surface area contributed by atoms with E-state index in [1.54, 1.807) is 7.11 Å². The molecule has 0 heterocycles. The number of allylic oxidation sites excluding steroid dienone is 1. The van der Waals surface area contributed by atoms with Crippen molar-refractivity contribution in [3.05, 3.63) is 34.9 Å². The largest absolute Gasteiger partial charge is 1.00 e. The number of hydrogen-bond donors (Lipinski definition) is 0. The van der Waals surface area contributed by atoms with Gasteiger partial charge in [-0.05, 0) is 31.4 Å². The summed E-state index contributed by atoms with van der Waals surface area (Å²) in [5.41, 5.74) is 2.82. The Kier molecular flexibility index (Phi) is 3.90. The molecule has 0 spiro atoms. The first kappa shape index (κ1) is 12.2. The summed E-state index contributed by atoms with van der Waals surface area (Å²) in [5.74, 6) is 1.01. The van der Waals surface area contributed by atoms with E-state index < -0.39 is 0 Å². The fourth-order valence-corrected chi connectivity index (χ4v) is 1.88. The van der Waals surface area contributed by atoms with Crippen LogP contribution in [0.25, 0.3) is 5.76 Å². The average Bonchev–Trinajstić information content (AvgIpc) is 2.23. The molecular formula is C12H13LiO2. The summed E-state index contributed by atoms with van der Waals surface area (Å²) in [4.78, 5) is 0. The fourth-order valence-electron chi connectivity index (χ4n) is 1.88. The van der Waals surface area contributed by atoms with E-state index in [1.807, 2.05) is 25.1 Å². The van der Waals surface area contributed by atoms with Crippen LogP contribution in [0.15, 0.2) is 23.8 Å². The summed E-state index contributed by atoms with van der Waals surface area (Å²) in [7, 11) is 1.64. The molecule has 0 saturated carbocycles. The van der Waals surface area contributed by atoms with Crippen molar-refractivity contribution in [2.24, 2.45) is 0 Å². The predicted molar refractivity (Wildman–Crippen MR) is 53.9 cm³/mol. The molecule has 0 N–H and O–H groups in total. The molecule has 0 atom stereocenters. The van der Waals surface area contributed by atoms with E-state index in [0.717, 1.165) is 35.3 Å². The van der Waals surface area contributed by atoms with Gasteiger partial charge in [-0.2, -0.15) is 0 Å². The molecule has 0 amide bonds. The van der Waals surface area contributed by atoms with Crippen molar-refractivity contribution < 1.29 is 28.7 Å². The number of ether oxygens (including phenoxy) is 1. The van der Waals surface area contributed by atoms with Crippen LogP contribution in [0.2, 0.25) is 0 Å². The molecule has 74 valence electrons. The Morgan fingerprint density at radius 2 is 2.00 bits per heavy atom. The molecule has 0 aromatic heterocycles. The molecule has 0 saturated heterocycles. The van der Waals surface area contributed by atoms with Crippen LogP contribution in [0.3, 0.4) is 0 Å². The number of hydrogen-bond acceptors (Lipinski definition) is 2. The Morgan fingerprint density at radius 1 is 1.27 bits per heavy atom. The Hall–Kier alpha value is -0.843. The summed E-state index contributed by atoms with van der Waals surface area (Å²) in [6.07, 6.45) is 1.77. The monoisotopic (exact) mass is 196 g/mol. The maximum atomic E-state index is 11.8. The molecule has 0 unspecified atom stereocenters. The molecule has 1 aliphatic rings. The fraction of sp³-hybridized carbons (Fsp3) is 0.333. The van der Waals surface area contributed by atoms with Crippen LogP contribution in [0.5, 0.6) is 5.75 Å². The minimum Gasteiger partial charge on any atom is -0.872 e. The van der Waals surface area contributed by atoms with Gasteiger partial charge in [-0.25, -0.2) is 0 Å². The van der Waals surface area contributed by atoms with Crippen molar-refractivity contribution in [3.8, 4) is 5.75 Å². The first-order valence-electron chi connectivity index (χ1n) is 4.77. The molecule has 0 fully saturated rings. The SMILES string of the molecule is COc1cccc2c1CCC(C)=C2[O-].[Li+]. The van der Waals surface area contributed by atoms with Crippen LogP contribution in [0.1, 0.15) is 24.5 Å². The van der Waals surface area contributed by atoms with Gasteiger partial charge < -0.3 is 9.84 Å². The molecular weight excluding hydrogens is 183 g/mol. The van der Waals surface area contributed by atoms with Gasteiger partial charge in [-0.1, -0.05) is 17.7 Å². The van der Waals surface area contributed by atoms with Crippen LogP contribution in [-0.4, -0.2) is 7.11 Å². The minimum absolute atomic E-state index is 0. The van der Waals surface area contributed by atoms with Gasteiger partial charge in [0.1, 0.15) is 5.75 Å². The molecule has 2 rings (SSSR count). The van der Waals surface area contributed by atoms with E-state index in [1.165, 1.54) is 0 Å². The molecule has 0 aliphatic heterocycles. The third-order valence-corrected chi connectivity index (χ3v) is 2.74. The van der Waals surface area contributed by atoms with Gasteiger partial charge in [0.2, 0.25) is 0 Å². The Morgan fingerprint density at radius 3 is 2.67 bits per heavy atom. The van der Waals surface area contributed by atoms with Gasteiger partial charge in [0, 0.05) is 5.56 Å². The van der Waals surface area contributed by atoms with Crippen LogP contribution >= 0.6 is 0 Å². The van der Waals surface area contributed by atoms with Gasteiger partial charge in [-0.3, -0.25) is 0 Å². The van der Waals surface area contributed by atoms with Crippen LogP contribution < -0.4 is 28.7 Å². The van der Waals surface area contributed by atoms with Crippen molar-refractivity contribution in [1.82, 2.24) is 0 Å². The smallest absolute Gasteiger partial charge is 0.872 e. The second-order valence-electron chi connectivity index (χ2n) is 3.60. The zero-order chi connectivity index (χ0) is 10.1. The third kappa shape index (κ3) is 2.07. The molecule has 0 bridgehead atoms. The molecule has 1 aromatic carbocycles. The van der Waals surface area contributed by atoms with Gasteiger partial charge >= 0.3 is 18.9 Å². The molecule has 2 nitrogen and oxygen atoms in total. The second kappa shape index (κ2) is 4.79. The van der Waals surface area contributed by atoms with E-state index in [-0.39, 0.29) is 24.6 Å². The van der Waals surface area contributed by atoms with Gasteiger partial charge in [0.15, 0.2) is 0 Å². The van der Waals surface area contributed by atoms with Crippen molar-refractivity contribution in [3.63, 3.8) is 0 Å². The van der Waals surface area contributed by atoms with Crippen LogP contribution in [-0.2, 0) is 6.42 Å². The normalized spacial score (nSPS) is 14.3. The van der Waals surface area contributed by atoms with Crippen LogP contribution in [0.4, 0.5) is 0 Å². The van der Waals surface area contributed by atoms with Gasteiger partial charge in [0.05, 0.1) is 7.11 Å². The zero-order valence-electron chi connectivity index (χ0n) is 9.46. The Bertz CT molecular complexity index is 397. The number of benzene rings is 1. The minimum atomic E-state index is 0. The third-order valence-electron chi connectivity index (χ3n) is 2.74. The van der Waals surface area contributed by atoms with E-state index >= 15 is 0 Å². The number of fused-ring (bicyclic) bond motifs is 1. The summed E-state index contributed by atoms with van der Waals surface area (Å²) < 4.78 is 5.23. The topological polar surface area (TPSA) is 32.3 Å². The quantitative estimate of drug-likeness (QED) is 0.525. The van der Waals surface area contributed by atoms with Crippen molar-refractivity contribution in [2.45, 2.75) is 19.8 Å². The molecule has 15 heavy (non-hydrogen) atoms. The maximum absolute atomic E-state index is 11.8. The standard InChI is InChI=1S/C12H14O2.Li/c1-8-6-7-9-10(12(8)13)4-3-5-11(9)14-2;/h3-5,13H,6-7H2,1-2H3;/q;+1/p-1. The second-order valence-corrected chi connectivity index (χ2v) is 3.60. The van der Waals surface area contributed by atoms with Crippen molar-refractivity contribution >= 4 is 5.76 Å². The van der Waals surface area contributed by atoms with Gasteiger partial charge in [-0.15, -0.1) is 5.76 Å². The molecule has 1 aromatic rings. The van der Waals surface area contributed by atoms with E-state index in [2.05, 4.69) is 0 Å². The number of methoxy groups -OCH3 is 1. The Balaban J connectivity index is 0.00000112. The maximum Gasteiger partial charge on any atom is 1.00 e. The zero-order valence-corrected chi connectivity index (χ0v) is 9.46. The van der Waals surface area contributed by atoms with Crippen molar-refractivity contribution in [1.29, 1.82) is 0 Å². The molecule has 3 heteroatoms. The van der Waals surface area contributed by atoms with E-state index in [9.17, 15) is 5.11 Å². The number of rotatable bonds is 1. The van der Waals surface area contributed by atoms with Gasteiger partial charge in [0.25, 0.3) is 0 Å². The summed E-state index contributed by atoms with van der Waals surface area (Å²) in [5, 5.41) is 11.8. The first-order chi connectivity index (χ1) is 6.74.